The number of hydrogen-bond donors (Lipinski definition) is 3. The van der Waals surface area contributed by atoms with Gasteiger partial charge in [-0.05, 0) is 17.7 Å². The van der Waals surface area contributed by atoms with Gasteiger partial charge in [-0.2, -0.15) is 18.3 Å². The fraction of sp³-hybridized carbons (Fsp3) is 0.308. The number of nitrogens with two attached hydrogens (primary N) is 1. The van der Waals surface area contributed by atoms with E-state index >= 15 is 0 Å². The van der Waals surface area contributed by atoms with E-state index < -0.39 is 30.4 Å². The second kappa shape index (κ2) is 8.87. The van der Waals surface area contributed by atoms with Gasteiger partial charge < -0.3 is 15.9 Å². The maximum absolute atomic E-state index is 12.8. The van der Waals surface area contributed by atoms with E-state index in [1.807, 2.05) is 0 Å². The third-order valence-corrected chi connectivity index (χ3v) is 3.15. The smallest absolute Gasteiger partial charge is 0.475 e. The summed E-state index contributed by atoms with van der Waals surface area (Å²) in [6.45, 7) is -0.264. The lowest BCUT2D eigenvalue weighted by Crippen LogP contribution is -2.21. The molecule has 0 aliphatic carbocycles. The standard InChI is InChI=1S/C11H11ClF2N4O.C2HF3O2/c12-7-2-1-6(8(15)4-19)3-9(7)18-11(10(13)14)16-5-17-18;3-2(4,5)1(6)7/h1-3,5,8,10,19H,4,15H2;(H,6,7)/t8-;/m1./s1. The molecule has 1 heterocycles. The number of benzene rings is 1. The van der Waals surface area contributed by atoms with Crippen molar-refractivity contribution >= 4 is 17.6 Å². The molecule has 0 spiro atoms. The predicted molar refractivity (Wildman–Crippen MR) is 79.0 cm³/mol. The molecule has 0 aliphatic heterocycles. The van der Waals surface area contributed by atoms with Gasteiger partial charge in [0.05, 0.1) is 23.4 Å². The van der Waals surface area contributed by atoms with E-state index in [9.17, 15) is 22.0 Å². The van der Waals surface area contributed by atoms with Crippen LogP contribution in [0.1, 0.15) is 23.9 Å². The summed E-state index contributed by atoms with van der Waals surface area (Å²) in [6.07, 6.45) is -6.83. The van der Waals surface area contributed by atoms with Gasteiger partial charge in [0.2, 0.25) is 0 Å². The van der Waals surface area contributed by atoms with Gasteiger partial charge in [-0.25, -0.2) is 23.2 Å². The zero-order chi connectivity index (χ0) is 20.1. The van der Waals surface area contributed by atoms with Crippen molar-refractivity contribution in [2.24, 2.45) is 5.73 Å². The van der Waals surface area contributed by atoms with Gasteiger partial charge >= 0.3 is 12.1 Å². The van der Waals surface area contributed by atoms with Crippen LogP contribution in [0.15, 0.2) is 24.5 Å². The van der Waals surface area contributed by atoms with Gasteiger partial charge in [0.1, 0.15) is 6.33 Å². The molecule has 13 heteroatoms. The summed E-state index contributed by atoms with van der Waals surface area (Å²) < 4.78 is 58.2. The number of aromatic nitrogens is 3. The lowest BCUT2D eigenvalue weighted by atomic mass is 10.1. The summed E-state index contributed by atoms with van der Waals surface area (Å²) in [7, 11) is 0. The van der Waals surface area contributed by atoms with Gasteiger partial charge in [-0.3, -0.25) is 0 Å². The molecule has 7 nitrogen and oxygen atoms in total. The van der Waals surface area contributed by atoms with Crippen LogP contribution in [-0.4, -0.2) is 43.7 Å². The normalized spacial score (nSPS) is 12.5. The van der Waals surface area contributed by atoms with Crippen LogP contribution in [0.3, 0.4) is 0 Å². The van der Waals surface area contributed by atoms with Crippen molar-refractivity contribution < 1.29 is 37.0 Å². The molecule has 144 valence electrons. The van der Waals surface area contributed by atoms with Gasteiger partial charge in [-0.15, -0.1) is 0 Å². The maximum atomic E-state index is 12.8. The van der Waals surface area contributed by atoms with Crippen molar-refractivity contribution in [1.82, 2.24) is 14.8 Å². The van der Waals surface area contributed by atoms with Gasteiger partial charge in [-0.1, -0.05) is 17.7 Å². The molecule has 0 aliphatic rings. The Kier molecular flexibility index (Phi) is 7.41. The molecule has 2 aromatic rings. The number of halogens is 6. The van der Waals surface area contributed by atoms with Gasteiger partial charge in [0.15, 0.2) is 5.82 Å². The highest BCUT2D eigenvalue weighted by Gasteiger charge is 2.38. The van der Waals surface area contributed by atoms with Crippen molar-refractivity contribution in [2.75, 3.05) is 6.61 Å². The molecule has 0 fully saturated rings. The van der Waals surface area contributed by atoms with Crippen molar-refractivity contribution in [3.63, 3.8) is 0 Å². The highest BCUT2D eigenvalue weighted by Crippen LogP contribution is 2.27. The fourth-order valence-corrected chi connectivity index (χ4v) is 1.81. The molecule has 0 amide bonds. The summed E-state index contributed by atoms with van der Waals surface area (Å²) in [5.74, 6) is -3.26. The maximum Gasteiger partial charge on any atom is 0.490 e. The number of alkyl halides is 5. The Morgan fingerprint density at radius 2 is 1.92 bits per heavy atom. The van der Waals surface area contributed by atoms with Crippen molar-refractivity contribution in [1.29, 1.82) is 0 Å². The second-order valence-electron chi connectivity index (χ2n) is 4.63. The van der Waals surface area contributed by atoms with E-state index in [1.165, 1.54) is 12.1 Å². The van der Waals surface area contributed by atoms with E-state index in [-0.39, 0.29) is 17.3 Å². The quantitative estimate of drug-likeness (QED) is 0.677. The summed E-state index contributed by atoms with van der Waals surface area (Å²) >= 11 is 5.98. The average molecular weight is 403 g/mol. The minimum Gasteiger partial charge on any atom is -0.475 e. The number of aliphatic hydroxyl groups excluding tert-OH is 1. The molecular formula is C13H12ClF5N4O3. The fourth-order valence-electron chi connectivity index (χ4n) is 1.61. The number of rotatable bonds is 4. The number of aliphatic hydroxyl groups is 1. The number of carbonyl (C=O) groups is 1. The molecule has 0 bridgehead atoms. The molecule has 26 heavy (non-hydrogen) atoms. The van der Waals surface area contributed by atoms with E-state index in [2.05, 4.69) is 10.1 Å². The summed E-state index contributed by atoms with van der Waals surface area (Å²) in [4.78, 5) is 12.4. The number of nitrogens with zero attached hydrogens (tertiary/aromatic N) is 3. The Morgan fingerprint density at radius 3 is 2.38 bits per heavy atom. The number of hydrogen-bond acceptors (Lipinski definition) is 5. The summed E-state index contributed by atoms with van der Waals surface area (Å²) in [5.41, 5.74) is 6.49. The Bertz CT molecular complexity index is 754. The first-order chi connectivity index (χ1) is 12.0. The first kappa shape index (κ1) is 21.7. The average Bonchev–Trinajstić information content (AvgIpc) is 3.04. The van der Waals surface area contributed by atoms with E-state index in [1.54, 1.807) is 6.07 Å². The third kappa shape index (κ3) is 5.61. The third-order valence-electron chi connectivity index (χ3n) is 2.84. The van der Waals surface area contributed by atoms with Crippen LogP contribution < -0.4 is 5.73 Å². The SMILES string of the molecule is N[C@H](CO)c1ccc(Cl)c(-n2ncnc2C(F)F)c1.O=C(O)C(F)(F)F. The minimum absolute atomic E-state index is 0.237. The van der Waals surface area contributed by atoms with Crippen LogP contribution >= 0.6 is 11.6 Å². The van der Waals surface area contributed by atoms with E-state index in [0.29, 0.717) is 5.56 Å². The molecule has 0 radical (unpaired) electrons. The molecule has 1 atom stereocenters. The van der Waals surface area contributed by atoms with Gasteiger partial charge in [0, 0.05) is 0 Å². The highest BCUT2D eigenvalue weighted by atomic mass is 35.5. The van der Waals surface area contributed by atoms with Crippen LogP contribution in [0.2, 0.25) is 5.02 Å². The Hall–Kier alpha value is -2.31. The lowest BCUT2D eigenvalue weighted by Gasteiger charge is -2.13. The van der Waals surface area contributed by atoms with Crippen molar-refractivity contribution in [2.45, 2.75) is 18.6 Å². The number of carboxylic acids is 1. The second-order valence-corrected chi connectivity index (χ2v) is 5.04. The van der Waals surface area contributed by atoms with E-state index in [4.69, 9.17) is 32.3 Å². The zero-order valence-corrected chi connectivity index (χ0v) is 13.4. The van der Waals surface area contributed by atoms with Crippen molar-refractivity contribution in [3.05, 3.63) is 40.9 Å². The van der Waals surface area contributed by atoms with Crippen LogP contribution in [0.4, 0.5) is 22.0 Å². The predicted octanol–water partition coefficient (Wildman–Crippen LogP) is 2.48. The highest BCUT2D eigenvalue weighted by molar-refractivity contribution is 6.32. The molecule has 0 saturated carbocycles. The van der Waals surface area contributed by atoms with Crippen LogP contribution in [0.25, 0.3) is 5.69 Å². The van der Waals surface area contributed by atoms with E-state index in [0.717, 1.165) is 11.0 Å². The summed E-state index contributed by atoms with van der Waals surface area (Å²) in [6, 6.07) is 4.02. The van der Waals surface area contributed by atoms with Crippen LogP contribution in [0, 0.1) is 0 Å². The Morgan fingerprint density at radius 1 is 1.35 bits per heavy atom. The first-order valence-corrected chi connectivity index (χ1v) is 7.01. The van der Waals surface area contributed by atoms with Gasteiger partial charge in [0.25, 0.3) is 6.43 Å². The topological polar surface area (TPSA) is 114 Å². The molecule has 1 aromatic carbocycles. The molecular weight excluding hydrogens is 391 g/mol. The Labute approximate surface area is 147 Å². The molecule has 4 N–H and O–H groups in total. The zero-order valence-electron chi connectivity index (χ0n) is 12.7. The Balaban J connectivity index is 0.000000412. The molecule has 2 rings (SSSR count). The number of aliphatic carboxylic acids is 1. The molecule has 0 unspecified atom stereocenters. The molecule has 1 aromatic heterocycles. The lowest BCUT2D eigenvalue weighted by molar-refractivity contribution is -0.192. The first-order valence-electron chi connectivity index (χ1n) is 6.63. The largest absolute Gasteiger partial charge is 0.490 e. The summed E-state index contributed by atoms with van der Waals surface area (Å²) in [5, 5.41) is 20.1. The monoisotopic (exact) mass is 402 g/mol. The minimum atomic E-state index is -5.08. The number of carboxylic acid groups (broad SMARTS) is 1. The van der Waals surface area contributed by atoms with Crippen LogP contribution in [0.5, 0.6) is 0 Å². The van der Waals surface area contributed by atoms with Crippen LogP contribution in [-0.2, 0) is 4.79 Å². The van der Waals surface area contributed by atoms with Crippen molar-refractivity contribution in [3.8, 4) is 5.69 Å². The molecule has 0 saturated heterocycles.